The number of rotatable bonds is 6. The molecule has 1 saturated carbocycles. The monoisotopic (exact) mass is 520 g/mol. The van der Waals surface area contributed by atoms with Crippen molar-refractivity contribution in [1.29, 1.82) is 0 Å². The fraction of sp³-hybridized carbons (Fsp3) is 0.607. The van der Waals surface area contributed by atoms with Crippen LogP contribution in [0.3, 0.4) is 0 Å². The summed E-state index contributed by atoms with van der Waals surface area (Å²) in [6.45, 7) is 2.94. The molecule has 3 aromatic heterocycles. The largest absolute Gasteiger partial charge is 0.473 e. The van der Waals surface area contributed by atoms with E-state index in [9.17, 15) is 4.79 Å². The van der Waals surface area contributed by atoms with Crippen LogP contribution in [0.25, 0.3) is 22.9 Å². The third-order valence-electron chi connectivity index (χ3n) is 8.68. The van der Waals surface area contributed by atoms with Gasteiger partial charge in [-0.05, 0) is 58.6 Å². The molecule has 38 heavy (non-hydrogen) atoms. The van der Waals surface area contributed by atoms with Gasteiger partial charge >= 0.3 is 0 Å². The summed E-state index contributed by atoms with van der Waals surface area (Å²) >= 11 is 0. The van der Waals surface area contributed by atoms with E-state index in [2.05, 4.69) is 29.1 Å². The predicted molar refractivity (Wildman–Crippen MR) is 140 cm³/mol. The maximum Gasteiger partial charge on any atom is 0.217 e. The van der Waals surface area contributed by atoms with Gasteiger partial charge in [-0.25, -0.2) is 4.98 Å². The molecular formula is C28H36N6O4. The zero-order valence-electron chi connectivity index (χ0n) is 22.6. The predicted octanol–water partition coefficient (Wildman–Crippen LogP) is 3.74. The molecule has 0 unspecified atom stereocenters. The third-order valence-corrected chi connectivity index (χ3v) is 8.68. The van der Waals surface area contributed by atoms with Gasteiger partial charge in [-0.15, -0.1) is 0 Å². The summed E-state index contributed by atoms with van der Waals surface area (Å²) in [4.78, 5) is 25.1. The summed E-state index contributed by atoms with van der Waals surface area (Å²) in [5, 5.41) is 9.02. The molecule has 202 valence electrons. The molecule has 4 atom stereocenters. The molecule has 0 amide bonds. The molecule has 2 aliphatic carbocycles. The Labute approximate surface area is 222 Å². The van der Waals surface area contributed by atoms with Gasteiger partial charge in [0.25, 0.3) is 0 Å². The Morgan fingerprint density at radius 1 is 1.13 bits per heavy atom. The van der Waals surface area contributed by atoms with Gasteiger partial charge in [-0.1, -0.05) is 11.6 Å². The Bertz CT molecular complexity index is 1330. The van der Waals surface area contributed by atoms with E-state index >= 15 is 0 Å². The second-order valence-corrected chi connectivity index (χ2v) is 11.1. The molecule has 4 heterocycles. The van der Waals surface area contributed by atoms with Crippen LogP contribution in [0.4, 0.5) is 0 Å². The molecule has 1 aliphatic heterocycles. The van der Waals surface area contributed by atoms with Crippen LogP contribution in [0.15, 0.2) is 22.9 Å². The summed E-state index contributed by atoms with van der Waals surface area (Å²) < 4.78 is 19.7. The number of aromatic nitrogens is 5. The number of ketones is 1. The first-order valence-electron chi connectivity index (χ1n) is 13.7. The summed E-state index contributed by atoms with van der Waals surface area (Å²) in [5.41, 5.74) is 2.40. The van der Waals surface area contributed by atoms with Crippen molar-refractivity contribution in [1.82, 2.24) is 29.8 Å². The molecule has 10 heteroatoms. The average Bonchev–Trinajstić information content (AvgIpc) is 3.64. The molecule has 2 fully saturated rings. The highest BCUT2D eigenvalue weighted by atomic mass is 16.5. The van der Waals surface area contributed by atoms with Gasteiger partial charge in [-0.2, -0.15) is 10.1 Å². The number of aryl methyl sites for hydroxylation is 1. The minimum Gasteiger partial charge on any atom is -0.473 e. The highest BCUT2D eigenvalue weighted by Crippen LogP contribution is 2.47. The van der Waals surface area contributed by atoms with Gasteiger partial charge in [0.1, 0.15) is 17.6 Å². The third kappa shape index (κ3) is 4.33. The number of hydrogen-bond donors (Lipinski definition) is 0. The number of nitrogens with zero attached hydrogens (tertiary/aromatic N) is 6. The number of carbonyl (C=O) groups excluding carboxylic acids is 1. The van der Waals surface area contributed by atoms with Crippen molar-refractivity contribution in [3.63, 3.8) is 0 Å². The van der Waals surface area contributed by atoms with Gasteiger partial charge in [-0.3, -0.25) is 14.4 Å². The lowest BCUT2D eigenvalue weighted by Crippen LogP contribution is -2.41. The number of hydrogen-bond acceptors (Lipinski definition) is 9. The maximum atomic E-state index is 13.1. The van der Waals surface area contributed by atoms with Crippen molar-refractivity contribution in [3.05, 3.63) is 29.7 Å². The van der Waals surface area contributed by atoms with E-state index < -0.39 is 5.41 Å². The summed E-state index contributed by atoms with van der Waals surface area (Å²) in [7, 11) is 5.73. The van der Waals surface area contributed by atoms with Crippen LogP contribution in [0.2, 0.25) is 0 Å². The Hall–Kier alpha value is -3.11. The van der Waals surface area contributed by atoms with Gasteiger partial charge in [0, 0.05) is 51.0 Å². The summed E-state index contributed by atoms with van der Waals surface area (Å²) in [6.07, 6.45) is 8.80. The highest BCUT2D eigenvalue weighted by molar-refractivity contribution is 5.91. The molecule has 0 N–H and O–H groups in total. The van der Waals surface area contributed by atoms with Crippen molar-refractivity contribution >= 4 is 5.78 Å². The van der Waals surface area contributed by atoms with E-state index in [1.54, 1.807) is 11.8 Å². The SMILES string of the molecule is CO[C@@H]1C[C@@H]([C@H](C)Oc2cc(-c3ccn(C)n3)nc(-c3noc4c3CCC[C@@]43CCCCC3=O)n2)N(C)C1. The minimum absolute atomic E-state index is 0.117. The number of methoxy groups -OCH3 is 1. The molecule has 3 aromatic rings. The number of likely N-dealkylation sites (tertiary alicyclic amines) is 1. The second kappa shape index (κ2) is 9.89. The quantitative estimate of drug-likeness (QED) is 0.480. The fourth-order valence-corrected chi connectivity index (χ4v) is 6.61. The lowest BCUT2D eigenvalue weighted by atomic mass is 9.64. The van der Waals surface area contributed by atoms with Crippen LogP contribution in [0.5, 0.6) is 5.88 Å². The lowest BCUT2D eigenvalue weighted by molar-refractivity contribution is -0.128. The maximum absolute atomic E-state index is 13.1. The topological polar surface area (TPSA) is 108 Å². The van der Waals surface area contributed by atoms with Crippen LogP contribution in [0, 0.1) is 0 Å². The van der Waals surface area contributed by atoms with Crippen LogP contribution in [-0.4, -0.2) is 74.5 Å². The van der Waals surface area contributed by atoms with Crippen LogP contribution in [-0.2, 0) is 28.4 Å². The molecule has 1 saturated heterocycles. The van der Waals surface area contributed by atoms with E-state index in [0.29, 0.717) is 29.5 Å². The smallest absolute Gasteiger partial charge is 0.217 e. The van der Waals surface area contributed by atoms with Gasteiger partial charge in [0.05, 0.1) is 17.2 Å². The first kappa shape index (κ1) is 25.2. The van der Waals surface area contributed by atoms with Crippen molar-refractivity contribution in [2.45, 2.75) is 82.0 Å². The lowest BCUT2D eigenvalue weighted by Gasteiger charge is -2.36. The van der Waals surface area contributed by atoms with Gasteiger partial charge in [0.2, 0.25) is 5.88 Å². The van der Waals surface area contributed by atoms with E-state index in [-0.39, 0.29) is 24.0 Å². The number of ether oxygens (including phenoxy) is 2. The highest BCUT2D eigenvalue weighted by Gasteiger charge is 2.48. The normalized spacial score (nSPS) is 26.6. The van der Waals surface area contributed by atoms with E-state index in [1.807, 2.05) is 25.4 Å². The van der Waals surface area contributed by atoms with Crippen molar-refractivity contribution in [2.75, 3.05) is 20.7 Å². The fourth-order valence-electron chi connectivity index (χ4n) is 6.61. The molecule has 1 spiro atoms. The molecule has 0 aromatic carbocycles. The van der Waals surface area contributed by atoms with Gasteiger partial charge < -0.3 is 14.0 Å². The first-order valence-corrected chi connectivity index (χ1v) is 13.7. The van der Waals surface area contributed by atoms with Crippen molar-refractivity contribution in [3.8, 4) is 28.8 Å². The van der Waals surface area contributed by atoms with Gasteiger partial charge in [0.15, 0.2) is 17.3 Å². The zero-order chi connectivity index (χ0) is 26.4. The zero-order valence-corrected chi connectivity index (χ0v) is 22.6. The van der Waals surface area contributed by atoms with Crippen molar-refractivity contribution in [2.24, 2.45) is 7.05 Å². The van der Waals surface area contributed by atoms with Crippen LogP contribution < -0.4 is 4.74 Å². The molecule has 6 rings (SSSR count). The molecule has 3 aliphatic rings. The number of Topliss-reactive ketones (excluding diaryl/α,β-unsaturated/α-hetero) is 1. The Balaban J connectivity index is 1.38. The number of fused-ring (bicyclic) bond motifs is 2. The summed E-state index contributed by atoms with van der Waals surface area (Å²) in [5.74, 6) is 1.91. The van der Waals surface area contributed by atoms with Crippen LogP contribution in [0.1, 0.15) is 63.2 Å². The average molecular weight is 521 g/mol. The molecule has 10 nitrogen and oxygen atoms in total. The molecular weight excluding hydrogens is 484 g/mol. The Morgan fingerprint density at radius 3 is 2.71 bits per heavy atom. The van der Waals surface area contributed by atoms with E-state index in [4.69, 9.17) is 24.0 Å². The Kier molecular flexibility index (Phi) is 6.55. The number of carbonyl (C=O) groups is 1. The second-order valence-electron chi connectivity index (χ2n) is 11.1. The standard InChI is InChI=1S/C28H36N6O4/c1-17(22-14-18(36-4)16-33(22)2)37-24-15-21(20-10-13-34(3)31-20)29-27(30-24)25-19-8-7-12-28(26(19)38-32-25)11-6-5-9-23(28)35/h10,13,15,17-18,22H,5-9,11-12,14,16H2,1-4H3/t17-,18+,22-,28+/m0/s1. The minimum atomic E-state index is -0.547. The van der Waals surface area contributed by atoms with E-state index in [0.717, 1.165) is 68.5 Å². The van der Waals surface area contributed by atoms with Crippen LogP contribution >= 0.6 is 0 Å². The number of likely N-dealkylation sites (N-methyl/N-ethyl adjacent to an activating group) is 1. The van der Waals surface area contributed by atoms with E-state index in [1.165, 1.54) is 0 Å². The summed E-state index contributed by atoms with van der Waals surface area (Å²) in [6, 6.07) is 3.96. The first-order chi connectivity index (χ1) is 18.4. The molecule has 0 bridgehead atoms. The van der Waals surface area contributed by atoms with Crippen molar-refractivity contribution < 1.29 is 18.8 Å². The molecule has 0 radical (unpaired) electrons. The Morgan fingerprint density at radius 2 is 1.97 bits per heavy atom.